The molecular formula is C17H17NO3. The summed E-state index contributed by atoms with van der Waals surface area (Å²) in [5, 5.41) is 9.05. The van der Waals surface area contributed by atoms with Crippen molar-refractivity contribution in [3.63, 3.8) is 0 Å². The molecule has 0 bridgehead atoms. The molecule has 0 aliphatic heterocycles. The van der Waals surface area contributed by atoms with Gasteiger partial charge in [-0.1, -0.05) is 18.2 Å². The van der Waals surface area contributed by atoms with Crippen molar-refractivity contribution in [1.29, 1.82) is 0 Å². The molecule has 4 heteroatoms. The van der Waals surface area contributed by atoms with Crippen LogP contribution in [-0.4, -0.2) is 11.1 Å². The van der Waals surface area contributed by atoms with E-state index in [1.165, 1.54) is 23.6 Å². The Morgan fingerprint density at radius 2 is 1.95 bits per heavy atom. The number of nitrogen functional groups attached to an aromatic ring is 1. The van der Waals surface area contributed by atoms with Gasteiger partial charge in [0.2, 0.25) is 0 Å². The summed E-state index contributed by atoms with van der Waals surface area (Å²) in [4.78, 5) is 11.0. The maximum atomic E-state index is 11.0. The maximum Gasteiger partial charge on any atom is 0.337 e. The van der Waals surface area contributed by atoms with E-state index in [4.69, 9.17) is 15.6 Å². The van der Waals surface area contributed by atoms with E-state index in [9.17, 15) is 4.79 Å². The fourth-order valence-corrected chi connectivity index (χ4v) is 2.69. The molecule has 21 heavy (non-hydrogen) atoms. The van der Waals surface area contributed by atoms with E-state index in [1.807, 2.05) is 0 Å². The lowest BCUT2D eigenvalue weighted by Crippen LogP contribution is -2.03. The first-order valence-electron chi connectivity index (χ1n) is 7.00. The summed E-state index contributed by atoms with van der Waals surface area (Å²) in [6.45, 7) is 0.427. The highest BCUT2D eigenvalue weighted by atomic mass is 16.5. The number of nitrogens with two attached hydrogens (primary N) is 1. The van der Waals surface area contributed by atoms with Gasteiger partial charge in [-0.05, 0) is 54.2 Å². The molecule has 4 nitrogen and oxygen atoms in total. The summed E-state index contributed by atoms with van der Waals surface area (Å²) in [7, 11) is 0. The van der Waals surface area contributed by atoms with Crippen molar-refractivity contribution in [2.24, 2.45) is 0 Å². The molecule has 2 aromatic carbocycles. The molecule has 3 rings (SSSR count). The smallest absolute Gasteiger partial charge is 0.337 e. The summed E-state index contributed by atoms with van der Waals surface area (Å²) in [6.07, 6.45) is 3.52. The highest BCUT2D eigenvalue weighted by Gasteiger charge is 2.12. The minimum Gasteiger partial charge on any atom is -0.489 e. The first-order chi connectivity index (χ1) is 10.1. The van der Waals surface area contributed by atoms with Crippen LogP contribution in [-0.2, 0) is 19.4 Å². The van der Waals surface area contributed by atoms with Gasteiger partial charge in [-0.2, -0.15) is 0 Å². The molecule has 0 heterocycles. The third-order valence-electron chi connectivity index (χ3n) is 3.82. The molecule has 0 spiro atoms. The molecule has 0 saturated carbocycles. The Hall–Kier alpha value is -2.49. The third kappa shape index (κ3) is 2.84. The number of carbonyl (C=O) groups is 1. The van der Waals surface area contributed by atoms with Crippen LogP contribution in [0.25, 0.3) is 0 Å². The van der Waals surface area contributed by atoms with Gasteiger partial charge in [0.05, 0.1) is 5.56 Å². The van der Waals surface area contributed by atoms with Crippen LogP contribution in [0.1, 0.15) is 33.5 Å². The van der Waals surface area contributed by atoms with Crippen molar-refractivity contribution < 1.29 is 14.6 Å². The van der Waals surface area contributed by atoms with Crippen LogP contribution in [0.3, 0.4) is 0 Å². The highest BCUT2D eigenvalue weighted by Crippen LogP contribution is 2.24. The zero-order chi connectivity index (χ0) is 14.8. The molecule has 3 N–H and O–H groups in total. The molecule has 0 aromatic heterocycles. The number of aryl methyl sites for hydroxylation is 2. The van der Waals surface area contributed by atoms with Crippen molar-refractivity contribution in [2.75, 3.05) is 5.73 Å². The number of hydrogen-bond donors (Lipinski definition) is 2. The molecule has 0 saturated heterocycles. The number of hydrogen-bond acceptors (Lipinski definition) is 3. The van der Waals surface area contributed by atoms with Gasteiger partial charge in [-0.25, -0.2) is 4.79 Å². The molecule has 0 fully saturated rings. The molecule has 0 amide bonds. The lowest BCUT2D eigenvalue weighted by atomic mass is 10.1. The fourth-order valence-electron chi connectivity index (χ4n) is 2.69. The summed E-state index contributed by atoms with van der Waals surface area (Å²) >= 11 is 0. The zero-order valence-electron chi connectivity index (χ0n) is 11.6. The van der Waals surface area contributed by atoms with Crippen molar-refractivity contribution >= 4 is 11.7 Å². The van der Waals surface area contributed by atoms with Gasteiger partial charge in [0, 0.05) is 5.69 Å². The van der Waals surface area contributed by atoms with E-state index < -0.39 is 5.97 Å². The zero-order valence-corrected chi connectivity index (χ0v) is 11.6. The van der Waals surface area contributed by atoms with E-state index >= 15 is 0 Å². The molecule has 0 atom stereocenters. The number of rotatable bonds is 4. The van der Waals surface area contributed by atoms with Gasteiger partial charge >= 0.3 is 5.97 Å². The third-order valence-corrected chi connectivity index (χ3v) is 3.82. The molecule has 108 valence electrons. The predicted octanol–water partition coefficient (Wildman–Crippen LogP) is 3.03. The Morgan fingerprint density at radius 3 is 2.76 bits per heavy atom. The number of carboxylic acid groups (broad SMARTS) is 1. The van der Waals surface area contributed by atoms with Crippen molar-refractivity contribution in [3.05, 3.63) is 58.7 Å². The molecule has 0 unspecified atom stereocenters. The lowest BCUT2D eigenvalue weighted by molar-refractivity contribution is 0.0697. The predicted molar refractivity (Wildman–Crippen MR) is 80.6 cm³/mol. The average molecular weight is 283 g/mol. The Kier molecular flexibility index (Phi) is 3.52. The van der Waals surface area contributed by atoms with Gasteiger partial charge in [0.15, 0.2) is 0 Å². The number of anilines is 1. The van der Waals surface area contributed by atoms with Crippen LogP contribution in [0.5, 0.6) is 5.75 Å². The quantitative estimate of drug-likeness (QED) is 0.846. The van der Waals surface area contributed by atoms with Crippen molar-refractivity contribution in [1.82, 2.24) is 0 Å². The second-order valence-corrected chi connectivity index (χ2v) is 5.30. The standard InChI is InChI=1S/C17H17NO3/c18-16-7-6-14(9-15(16)17(19)20)21-10-11-4-5-12-2-1-3-13(12)8-11/h4-9H,1-3,10,18H2,(H,19,20). The number of benzene rings is 2. The van der Waals surface area contributed by atoms with Crippen LogP contribution in [0, 0.1) is 0 Å². The van der Waals surface area contributed by atoms with Crippen LogP contribution in [0.15, 0.2) is 36.4 Å². The molecule has 1 aliphatic carbocycles. The summed E-state index contributed by atoms with van der Waals surface area (Å²) in [5.74, 6) is -0.530. The Bertz CT molecular complexity index is 694. The van der Waals surface area contributed by atoms with Crippen LogP contribution in [0.4, 0.5) is 5.69 Å². The normalized spacial score (nSPS) is 13.0. The summed E-state index contributed by atoms with van der Waals surface area (Å²) in [6, 6.07) is 11.1. The van der Waals surface area contributed by atoms with Crippen molar-refractivity contribution in [3.8, 4) is 5.75 Å². The summed E-state index contributed by atoms with van der Waals surface area (Å²) < 4.78 is 5.68. The first kappa shape index (κ1) is 13.5. The Labute approximate surface area is 123 Å². The van der Waals surface area contributed by atoms with E-state index in [2.05, 4.69) is 18.2 Å². The Balaban J connectivity index is 1.73. The Morgan fingerprint density at radius 1 is 1.14 bits per heavy atom. The second kappa shape index (κ2) is 5.48. The van der Waals surface area contributed by atoms with E-state index in [-0.39, 0.29) is 11.3 Å². The average Bonchev–Trinajstić information content (AvgIpc) is 2.93. The number of aromatic carboxylic acids is 1. The van der Waals surface area contributed by atoms with E-state index in [1.54, 1.807) is 12.1 Å². The molecular weight excluding hydrogens is 266 g/mol. The minimum atomic E-state index is -1.05. The number of ether oxygens (including phenoxy) is 1. The van der Waals surface area contributed by atoms with Gasteiger partial charge in [-0.15, -0.1) is 0 Å². The second-order valence-electron chi connectivity index (χ2n) is 5.30. The fraction of sp³-hybridized carbons (Fsp3) is 0.235. The highest BCUT2D eigenvalue weighted by molar-refractivity contribution is 5.94. The van der Waals surface area contributed by atoms with E-state index in [0.29, 0.717) is 12.4 Å². The first-order valence-corrected chi connectivity index (χ1v) is 7.00. The van der Waals surface area contributed by atoms with Crippen LogP contribution < -0.4 is 10.5 Å². The molecule has 2 aromatic rings. The van der Waals surface area contributed by atoms with E-state index in [0.717, 1.165) is 18.4 Å². The SMILES string of the molecule is Nc1ccc(OCc2ccc3c(c2)CCC3)cc1C(=O)O. The van der Waals surface area contributed by atoms with Crippen molar-refractivity contribution in [2.45, 2.75) is 25.9 Å². The van der Waals surface area contributed by atoms with Crippen LogP contribution >= 0.6 is 0 Å². The van der Waals surface area contributed by atoms with Gasteiger partial charge in [0.25, 0.3) is 0 Å². The topological polar surface area (TPSA) is 72.5 Å². The monoisotopic (exact) mass is 283 g/mol. The van der Waals surface area contributed by atoms with Gasteiger partial charge < -0.3 is 15.6 Å². The largest absolute Gasteiger partial charge is 0.489 e. The lowest BCUT2D eigenvalue weighted by Gasteiger charge is -2.09. The molecule has 0 radical (unpaired) electrons. The minimum absolute atomic E-state index is 0.0708. The maximum absolute atomic E-state index is 11.0. The number of fused-ring (bicyclic) bond motifs is 1. The van der Waals surface area contributed by atoms with Gasteiger partial charge in [0.1, 0.15) is 12.4 Å². The number of carboxylic acids is 1. The molecule has 1 aliphatic rings. The van der Waals surface area contributed by atoms with Gasteiger partial charge in [-0.3, -0.25) is 0 Å². The van der Waals surface area contributed by atoms with Crippen LogP contribution in [0.2, 0.25) is 0 Å². The summed E-state index contributed by atoms with van der Waals surface area (Å²) in [5.41, 5.74) is 9.87.